The zero-order valence-electron chi connectivity index (χ0n) is 17.4. The van der Waals surface area contributed by atoms with Crippen LogP contribution in [0.15, 0.2) is 17.0 Å². The number of aryl methyl sites for hydroxylation is 1. The molecule has 0 saturated carbocycles. The molecule has 0 radical (unpaired) electrons. The molecule has 4 rings (SSSR count). The summed E-state index contributed by atoms with van der Waals surface area (Å²) in [6.07, 6.45) is -1.16. The highest BCUT2D eigenvalue weighted by molar-refractivity contribution is 7.92. The molecular formula is C20H28F3N3O4S. The van der Waals surface area contributed by atoms with Crippen LogP contribution in [0.25, 0.3) is 0 Å². The number of aromatic nitrogens is 1. The molecule has 0 aliphatic carbocycles. The average Bonchev–Trinajstić information content (AvgIpc) is 3.06. The molecule has 4 heterocycles. The molecule has 7 nitrogen and oxygen atoms in total. The van der Waals surface area contributed by atoms with Gasteiger partial charge in [0.25, 0.3) is 0 Å². The molecule has 174 valence electrons. The summed E-state index contributed by atoms with van der Waals surface area (Å²) in [4.78, 5) is 3.31. The lowest BCUT2D eigenvalue weighted by Gasteiger charge is -2.33. The molecule has 3 aliphatic rings. The summed E-state index contributed by atoms with van der Waals surface area (Å²) in [5.74, 6) is 0. The van der Waals surface area contributed by atoms with Gasteiger partial charge in [-0.2, -0.15) is 13.2 Å². The minimum Gasteiger partial charge on any atom is -0.381 e. The van der Waals surface area contributed by atoms with Crippen LogP contribution in [-0.4, -0.2) is 62.8 Å². The molecule has 11 heteroatoms. The van der Waals surface area contributed by atoms with E-state index in [2.05, 4.69) is 15.6 Å². The van der Waals surface area contributed by atoms with Crippen molar-refractivity contribution in [2.45, 2.75) is 73.2 Å². The quantitative estimate of drug-likeness (QED) is 0.708. The lowest BCUT2D eigenvalue weighted by molar-refractivity contribution is -0.141. The normalized spacial score (nSPS) is 27.6. The number of hydrogen-bond acceptors (Lipinski definition) is 7. The average molecular weight is 464 g/mol. The smallest absolute Gasteiger partial charge is 0.381 e. The Morgan fingerprint density at radius 2 is 1.87 bits per heavy atom. The van der Waals surface area contributed by atoms with E-state index in [0.29, 0.717) is 32.5 Å². The van der Waals surface area contributed by atoms with Crippen molar-refractivity contribution in [2.75, 3.05) is 26.3 Å². The van der Waals surface area contributed by atoms with E-state index in [1.54, 1.807) is 0 Å². The lowest BCUT2D eigenvalue weighted by Crippen LogP contribution is -2.48. The first-order valence-electron chi connectivity index (χ1n) is 10.6. The second-order valence-corrected chi connectivity index (χ2v) is 10.6. The van der Waals surface area contributed by atoms with Crippen molar-refractivity contribution in [1.82, 2.24) is 15.6 Å². The molecule has 31 heavy (non-hydrogen) atoms. The standard InChI is InChI=1S/C20H28F3N3O4S/c1-13-16(2-3-17(25-13)20(21,22)23)31(27,28)18-15(26-14-4-10-29-11-5-14)12-19(30-18)6-8-24-9-7-19/h2-3,14-15,18,24,26H,4-12H2,1H3. The summed E-state index contributed by atoms with van der Waals surface area (Å²) in [6.45, 7) is 3.98. The van der Waals surface area contributed by atoms with Crippen LogP contribution >= 0.6 is 0 Å². The third kappa shape index (κ3) is 4.75. The highest BCUT2D eigenvalue weighted by Gasteiger charge is 2.53. The number of pyridine rings is 1. The van der Waals surface area contributed by atoms with Crippen LogP contribution in [0.5, 0.6) is 0 Å². The molecule has 3 aliphatic heterocycles. The maximum absolute atomic E-state index is 13.6. The van der Waals surface area contributed by atoms with Crippen LogP contribution in [0.3, 0.4) is 0 Å². The van der Waals surface area contributed by atoms with Gasteiger partial charge in [0.1, 0.15) is 5.69 Å². The molecule has 0 amide bonds. The predicted octanol–water partition coefficient (Wildman–Crippen LogP) is 2.19. The van der Waals surface area contributed by atoms with Crippen LogP contribution in [0.2, 0.25) is 0 Å². The van der Waals surface area contributed by atoms with Gasteiger partial charge in [-0.3, -0.25) is 0 Å². The Morgan fingerprint density at radius 1 is 1.19 bits per heavy atom. The molecule has 0 bridgehead atoms. The Hall–Kier alpha value is -1.27. The number of hydrogen-bond donors (Lipinski definition) is 2. The highest BCUT2D eigenvalue weighted by Crippen LogP contribution is 2.42. The Bertz CT molecular complexity index is 897. The van der Waals surface area contributed by atoms with Crippen molar-refractivity contribution < 1.29 is 31.1 Å². The zero-order valence-corrected chi connectivity index (χ0v) is 18.2. The van der Waals surface area contributed by atoms with Gasteiger partial charge in [0.05, 0.1) is 22.2 Å². The van der Waals surface area contributed by atoms with Crippen LogP contribution in [-0.2, 0) is 25.5 Å². The first-order valence-corrected chi connectivity index (χ1v) is 12.2. The third-order valence-electron chi connectivity index (χ3n) is 6.41. The lowest BCUT2D eigenvalue weighted by atomic mass is 9.88. The molecule has 1 spiro atoms. The molecule has 2 unspecified atom stereocenters. The fraction of sp³-hybridized carbons (Fsp3) is 0.750. The van der Waals surface area contributed by atoms with E-state index in [9.17, 15) is 21.6 Å². The Morgan fingerprint density at radius 3 is 2.48 bits per heavy atom. The predicted molar refractivity (Wildman–Crippen MR) is 106 cm³/mol. The Labute approximate surface area is 180 Å². The number of nitrogens with one attached hydrogen (secondary N) is 2. The summed E-state index contributed by atoms with van der Waals surface area (Å²) in [5, 5.41) is 6.73. The van der Waals surface area contributed by atoms with Gasteiger partial charge in [-0.15, -0.1) is 0 Å². The first-order chi connectivity index (χ1) is 14.6. The summed E-state index contributed by atoms with van der Waals surface area (Å²) >= 11 is 0. The van der Waals surface area contributed by atoms with Crippen LogP contribution in [0.1, 0.15) is 43.5 Å². The second kappa shape index (κ2) is 8.58. The van der Waals surface area contributed by atoms with E-state index in [1.807, 2.05) is 0 Å². The summed E-state index contributed by atoms with van der Waals surface area (Å²) < 4.78 is 77.8. The highest BCUT2D eigenvalue weighted by atomic mass is 32.2. The minimum absolute atomic E-state index is 0.115. The molecule has 0 aromatic carbocycles. The van der Waals surface area contributed by atoms with E-state index < -0.39 is 38.8 Å². The monoisotopic (exact) mass is 463 g/mol. The number of piperidine rings is 1. The third-order valence-corrected chi connectivity index (χ3v) is 8.49. The fourth-order valence-corrected chi connectivity index (χ4v) is 6.70. The largest absolute Gasteiger partial charge is 0.433 e. The van der Waals surface area contributed by atoms with Crippen LogP contribution in [0, 0.1) is 6.92 Å². The van der Waals surface area contributed by atoms with E-state index in [4.69, 9.17) is 9.47 Å². The topological polar surface area (TPSA) is 89.6 Å². The minimum atomic E-state index is -4.64. The van der Waals surface area contributed by atoms with E-state index >= 15 is 0 Å². The SMILES string of the molecule is Cc1nc(C(F)(F)F)ccc1S(=O)(=O)C1OC2(CCNCC2)CC1NC1CCOCC1. The van der Waals surface area contributed by atoms with Gasteiger partial charge < -0.3 is 20.1 Å². The van der Waals surface area contributed by atoms with Gasteiger partial charge in [-0.25, -0.2) is 13.4 Å². The molecule has 2 N–H and O–H groups in total. The summed E-state index contributed by atoms with van der Waals surface area (Å²) in [6, 6.07) is 1.38. The van der Waals surface area contributed by atoms with Crippen molar-refractivity contribution in [1.29, 1.82) is 0 Å². The Kier molecular flexibility index (Phi) is 6.34. The first kappa shape index (κ1) is 22.9. The van der Waals surface area contributed by atoms with Gasteiger partial charge in [0.2, 0.25) is 9.84 Å². The molecule has 1 aromatic heterocycles. The summed E-state index contributed by atoms with van der Waals surface area (Å²) in [5.41, 5.74) is -3.01. The molecule has 2 atom stereocenters. The summed E-state index contributed by atoms with van der Waals surface area (Å²) in [7, 11) is -4.07. The number of rotatable bonds is 4. The fourth-order valence-electron chi connectivity index (χ4n) is 4.79. The van der Waals surface area contributed by atoms with Gasteiger partial charge in [-0.05, 0) is 64.3 Å². The molecule has 1 aromatic rings. The number of halogens is 3. The van der Waals surface area contributed by atoms with E-state index in [-0.39, 0.29) is 16.6 Å². The zero-order chi connectivity index (χ0) is 22.3. The van der Waals surface area contributed by atoms with Crippen molar-refractivity contribution in [3.05, 3.63) is 23.5 Å². The van der Waals surface area contributed by atoms with Crippen LogP contribution < -0.4 is 10.6 Å². The van der Waals surface area contributed by atoms with Gasteiger partial charge >= 0.3 is 6.18 Å². The molecule has 3 fully saturated rings. The van der Waals surface area contributed by atoms with Crippen molar-refractivity contribution in [2.24, 2.45) is 0 Å². The van der Waals surface area contributed by atoms with E-state index in [0.717, 1.165) is 38.1 Å². The molecule has 3 saturated heterocycles. The second-order valence-electron chi connectivity index (χ2n) is 8.61. The number of nitrogens with zero attached hydrogens (tertiary/aromatic N) is 1. The van der Waals surface area contributed by atoms with Gasteiger partial charge in [0.15, 0.2) is 5.44 Å². The number of sulfone groups is 1. The Balaban J connectivity index is 1.64. The van der Waals surface area contributed by atoms with E-state index in [1.165, 1.54) is 6.92 Å². The maximum Gasteiger partial charge on any atom is 0.433 e. The number of alkyl halides is 3. The number of ether oxygens (including phenoxy) is 2. The van der Waals surface area contributed by atoms with Crippen molar-refractivity contribution in [3.8, 4) is 0 Å². The van der Waals surface area contributed by atoms with Crippen molar-refractivity contribution in [3.63, 3.8) is 0 Å². The maximum atomic E-state index is 13.6. The van der Waals surface area contributed by atoms with Gasteiger partial charge in [0, 0.05) is 19.3 Å². The van der Waals surface area contributed by atoms with Gasteiger partial charge in [-0.1, -0.05) is 0 Å². The van der Waals surface area contributed by atoms with Crippen LogP contribution in [0.4, 0.5) is 13.2 Å². The molecular weight excluding hydrogens is 435 g/mol. The van der Waals surface area contributed by atoms with Crippen molar-refractivity contribution >= 4 is 9.84 Å².